The van der Waals surface area contributed by atoms with Crippen molar-refractivity contribution < 1.29 is 22.4 Å². The number of hydrogen-bond acceptors (Lipinski definition) is 3. The zero-order valence-electron chi connectivity index (χ0n) is 12.7. The molecule has 0 saturated carbocycles. The van der Waals surface area contributed by atoms with E-state index in [2.05, 4.69) is 15.3 Å². The van der Waals surface area contributed by atoms with Crippen molar-refractivity contribution in [3.05, 3.63) is 59.0 Å². The molecule has 0 fully saturated rings. The van der Waals surface area contributed by atoms with Crippen LogP contribution in [0.1, 0.15) is 5.56 Å². The van der Waals surface area contributed by atoms with E-state index >= 15 is 0 Å². The van der Waals surface area contributed by atoms with Crippen molar-refractivity contribution >= 4 is 40.2 Å². The standard InChI is InChI=1S/C16H9ClF4N4O/c17-12-5-1-8-2-6-13(24-14(8)23-12)25-15(26)22-11-4-3-9(18)7-10(11)16(19,20)21/h1-7H,(H2,22,23,24,25,26). The van der Waals surface area contributed by atoms with Gasteiger partial charge in [0, 0.05) is 5.39 Å². The van der Waals surface area contributed by atoms with Gasteiger partial charge in [0.2, 0.25) is 0 Å². The lowest BCUT2D eigenvalue weighted by Gasteiger charge is -2.14. The van der Waals surface area contributed by atoms with E-state index in [1.54, 1.807) is 18.2 Å². The van der Waals surface area contributed by atoms with Gasteiger partial charge in [-0.05, 0) is 42.5 Å². The predicted molar refractivity (Wildman–Crippen MR) is 88.6 cm³/mol. The van der Waals surface area contributed by atoms with Crippen molar-refractivity contribution in [1.29, 1.82) is 0 Å². The van der Waals surface area contributed by atoms with Gasteiger partial charge in [0.15, 0.2) is 5.65 Å². The third-order valence-electron chi connectivity index (χ3n) is 3.30. The SMILES string of the molecule is O=C(Nc1ccc2ccc(Cl)nc2n1)Nc1ccc(F)cc1C(F)(F)F. The summed E-state index contributed by atoms with van der Waals surface area (Å²) in [6, 6.07) is 7.27. The highest BCUT2D eigenvalue weighted by atomic mass is 35.5. The minimum absolute atomic E-state index is 0.0560. The Kier molecular flexibility index (Phi) is 4.64. The molecule has 0 atom stereocenters. The average Bonchev–Trinajstić information content (AvgIpc) is 2.55. The van der Waals surface area contributed by atoms with Gasteiger partial charge < -0.3 is 5.32 Å². The summed E-state index contributed by atoms with van der Waals surface area (Å²) < 4.78 is 51.9. The normalized spacial score (nSPS) is 11.4. The molecule has 5 nitrogen and oxygen atoms in total. The second kappa shape index (κ2) is 6.75. The Hall–Kier alpha value is -2.94. The van der Waals surface area contributed by atoms with Gasteiger partial charge in [-0.1, -0.05) is 11.6 Å². The number of pyridine rings is 2. The molecule has 1 aromatic carbocycles. The second-order valence-electron chi connectivity index (χ2n) is 5.14. The smallest absolute Gasteiger partial charge is 0.307 e. The first-order chi connectivity index (χ1) is 12.2. The number of carbonyl (C=O) groups excluding carboxylic acids is 1. The molecule has 2 amide bonds. The van der Waals surface area contributed by atoms with Gasteiger partial charge in [-0.2, -0.15) is 13.2 Å². The van der Waals surface area contributed by atoms with Crippen LogP contribution in [0.5, 0.6) is 0 Å². The molecule has 134 valence electrons. The summed E-state index contributed by atoms with van der Waals surface area (Å²) in [6.07, 6.45) is -4.83. The zero-order valence-corrected chi connectivity index (χ0v) is 13.5. The Morgan fingerprint density at radius 2 is 1.73 bits per heavy atom. The minimum Gasteiger partial charge on any atom is -0.307 e. The number of alkyl halides is 3. The fourth-order valence-corrected chi connectivity index (χ4v) is 2.32. The highest BCUT2D eigenvalue weighted by Crippen LogP contribution is 2.35. The van der Waals surface area contributed by atoms with E-state index in [-0.39, 0.29) is 16.6 Å². The number of benzene rings is 1. The van der Waals surface area contributed by atoms with Crippen molar-refractivity contribution in [3.8, 4) is 0 Å². The van der Waals surface area contributed by atoms with E-state index in [4.69, 9.17) is 11.6 Å². The summed E-state index contributed by atoms with van der Waals surface area (Å²) in [5, 5.41) is 5.19. The van der Waals surface area contributed by atoms with Gasteiger partial charge in [0.25, 0.3) is 0 Å². The highest BCUT2D eigenvalue weighted by molar-refractivity contribution is 6.29. The van der Waals surface area contributed by atoms with Crippen molar-refractivity contribution in [1.82, 2.24) is 9.97 Å². The lowest BCUT2D eigenvalue weighted by Crippen LogP contribution is -2.22. The van der Waals surface area contributed by atoms with Crippen LogP contribution in [0.3, 0.4) is 0 Å². The Morgan fingerprint density at radius 3 is 2.46 bits per heavy atom. The van der Waals surface area contributed by atoms with Gasteiger partial charge in [0.1, 0.15) is 16.8 Å². The molecule has 0 aliphatic rings. The average molecular weight is 385 g/mol. The van der Waals surface area contributed by atoms with Crippen LogP contribution < -0.4 is 10.6 Å². The fraction of sp³-hybridized carbons (Fsp3) is 0.0625. The van der Waals surface area contributed by atoms with Crippen LogP contribution in [0.15, 0.2) is 42.5 Å². The summed E-state index contributed by atoms with van der Waals surface area (Å²) in [4.78, 5) is 20.0. The first kappa shape index (κ1) is 17.9. The summed E-state index contributed by atoms with van der Waals surface area (Å²) in [7, 11) is 0. The van der Waals surface area contributed by atoms with E-state index in [0.717, 1.165) is 12.1 Å². The summed E-state index contributed by atoms with van der Waals surface area (Å²) in [6.45, 7) is 0. The summed E-state index contributed by atoms with van der Waals surface area (Å²) in [5.74, 6) is -1.01. The number of fused-ring (bicyclic) bond motifs is 1. The largest absolute Gasteiger partial charge is 0.418 e. The van der Waals surface area contributed by atoms with E-state index in [1.165, 1.54) is 6.07 Å². The van der Waals surface area contributed by atoms with Gasteiger partial charge >= 0.3 is 12.2 Å². The lowest BCUT2D eigenvalue weighted by molar-refractivity contribution is -0.137. The van der Waals surface area contributed by atoms with Crippen LogP contribution in [0, 0.1) is 5.82 Å². The maximum absolute atomic E-state index is 13.1. The Bertz CT molecular complexity index is 994. The molecule has 2 N–H and O–H groups in total. The number of urea groups is 1. The van der Waals surface area contributed by atoms with Crippen LogP contribution in [0.2, 0.25) is 5.15 Å². The molecular formula is C16H9ClF4N4O. The first-order valence-electron chi connectivity index (χ1n) is 7.10. The molecule has 0 bridgehead atoms. The van der Waals surface area contributed by atoms with Crippen molar-refractivity contribution in [2.24, 2.45) is 0 Å². The zero-order chi connectivity index (χ0) is 18.9. The minimum atomic E-state index is -4.83. The number of amides is 2. The number of carbonyl (C=O) groups is 1. The first-order valence-corrected chi connectivity index (χ1v) is 7.48. The molecule has 26 heavy (non-hydrogen) atoms. The maximum atomic E-state index is 13.1. The summed E-state index contributed by atoms with van der Waals surface area (Å²) in [5.41, 5.74) is -1.63. The van der Waals surface area contributed by atoms with E-state index in [0.29, 0.717) is 11.5 Å². The molecule has 3 aromatic rings. The Balaban J connectivity index is 1.81. The third-order valence-corrected chi connectivity index (χ3v) is 3.51. The van der Waals surface area contributed by atoms with Crippen molar-refractivity contribution in [2.75, 3.05) is 10.6 Å². The van der Waals surface area contributed by atoms with Crippen LogP contribution >= 0.6 is 11.6 Å². The molecule has 0 aliphatic carbocycles. The van der Waals surface area contributed by atoms with Crippen LogP contribution in [0.25, 0.3) is 11.0 Å². The molecule has 0 saturated heterocycles. The lowest BCUT2D eigenvalue weighted by atomic mass is 10.1. The number of halogens is 5. The van der Waals surface area contributed by atoms with E-state index in [9.17, 15) is 22.4 Å². The van der Waals surface area contributed by atoms with Crippen LogP contribution in [0.4, 0.5) is 33.9 Å². The second-order valence-corrected chi connectivity index (χ2v) is 5.53. The number of hydrogen-bond donors (Lipinski definition) is 2. The van der Waals surface area contributed by atoms with Crippen LogP contribution in [-0.2, 0) is 6.18 Å². The number of aromatic nitrogens is 2. The van der Waals surface area contributed by atoms with Gasteiger partial charge in [0.05, 0.1) is 11.3 Å². The summed E-state index contributed by atoms with van der Waals surface area (Å²) >= 11 is 5.77. The van der Waals surface area contributed by atoms with Crippen LogP contribution in [-0.4, -0.2) is 16.0 Å². The Morgan fingerprint density at radius 1 is 1.00 bits per heavy atom. The molecule has 10 heteroatoms. The van der Waals surface area contributed by atoms with Crippen molar-refractivity contribution in [3.63, 3.8) is 0 Å². The van der Waals surface area contributed by atoms with Crippen molar-refractivity contribution in [2.45, 2.75) is 6.18 Å². The predicted octanol–water partition coefficient (Wildman–Crippen LogP) is 5.09. The number of nitrogens with zero attached hydrogens (tertiary/aromatic N) is 2. The molecule has 3 rings (SSSR count). The number of rotatable bonds is 2. The molecule has 0 spiro atoms. The topological polar surface area (TPSA) is 66.9 Å². The maximum Gasteiger partial charge on any atom is 0.418 e. The molecule has 0 aliphatic heterocycles. The number of anilines is 2. The van der Waals surface area contributed by atoms with E-state index < -0.39 is 29.3 Å². The quantitative estimate of drug-likeness (QED) is 0.478. The Labute approximate surface area is 149 Å². The molecule has 2 heterocycles. The van der Waals surface area contributed by atoms with Gasteiger partial charge in [-0.3, -0.25) is 5.32 Å². The van der Waals surface area contributed by atoms with Gasteiger partial charge in [-0.15, -0.1) is 0 Å². The third kappa shape index (κ3) is 3.99. The fourth-order valence-electron chi connectivity index (χ4n) is 2.18. The monoisotopic (exact) mass is 384 g/mol. The van der Waals surface area contributed by atoms with Gasteiger partial charge in [-0.25, -0.2) is 19.2 Å². The molecule has 2 aromatic heterocycles. The molecule has 0 radical (unpaired) electrons. The van der Waals surface area contributed by atoms with E-state index in [1.807, 2.05) is 5.32 Å². The number of nitrogens with one attached hydrogen (secondary N) is 2. The molecule has 0 unspecified atom stereocenters. The highest BCUT2D eigenvalue weighted by Gasteiger charge is 2.34. The molecular weight excluding hydrogens is 376 g/mol.